The Morgan fingerprint density at radius 3 is 2.06 bits per heavy atom. The van der Waals surface area contributed by atoms with Crippen LogP contribution in [0.25, 0.3) is 0 Å². The van der Waals surface area contributed by atoms with Crippen LogP contribution in [0.5, 0.6) is 0 Å². The predicted octanol–water partition coefficient (Wildman–Crippen LogP) is 3.92. The van der Waals surface area contributed by atoms with Crippen molar-refractivity contribution < 1.29 is 9.59 Å². The van der Waals surface area contributed by atoms with Crippen LogP contribution in [0, 0.1) is 17.8 Å². The highest BCUT2D eigenvalue weighted by atomic mass is 16.1. The van der Waals surface area contributed by atoms with Crippen molar-refractivity contribution in [1.82, 2.24) is 0 Å². The van der Waals surface area contributed by atoms with Gasteiger partial charge in [0.1, 0.15) is 12.1 Å². The van der Waals surface area contributed by atoms with Crippen molar-refractivity contribution in [3.05, 3.63) is 0 Å². The molecule has 0 amide bonds. The maximum Gasteiger partial charge on any atom is 0.145 e. The van der Waals surface area contributed by atoms with E-state index in [4.69, 9.17) is 6.42 Å². The van der Waals surface area contributed by atoms with E-state index >= 15 is 0 Å². The second-order valence-corrected chi connectivity index (χ2v) is 5.44. The van der Waals surface area contributed by atoms with Gasteiger partial charge in [0, 0.05) is 12.8 Å². The molecule has 0 saturated carbocycles. The first-order valence-corrected chi connectivity index (χ1v) is 6.97. The average molecular weight is 250 g/mol. The maximum absolute atomic E-state index is 11.7. The number of Topliss-reactive ketones (excluding diaryl/α,β-unsaturated/α-hetero) is 1. The molecule has 0 N–H and O–H groups in total. The van der Waals surface area contributed by atoms with Crippen molar-refractivity contribution in [3.8, 4) is 12.3 Å². The summed E-state index contributed by atoms with van der Waals surface area (Å²) in [6.07, 6.45) is 15.3. The lowest BCUT2D eigenvalue weighted by Gasteiger charge is -2.14. The monoisotopic (exact) mass is 250 g/mol. The molecule has 18 heavy (non-hydrogen) atoms. The first kappa shape index (κ1) is 16.9. The highest BCUT2D eigenvalue weighted by Crippen LogP contribution is 2.17. The number of hydrogen-bond donors (Lipinski definition) is 0. The molecule has 0 saturated heterocycles. The van der Waals surface area contributed by atoms with Gasteiger partial charge in [-0.15, -0.1) is 12.3 Å². The van der Waals surface area contributed by atoms with Crippen LogP contribution < -0.4 is 0 Å². The van der Waals surface area contributed by atoms with Crippen LogP contribution in [0.2, 0.25) is 0 Å². The van der Waals surface area contributed by atoms with Gasteiger partial charge in [-0.05, 0) is 26.7 Å². The molecule has 0 aromatic rings. The Morgan fingerprint density at radius 1 is 1.06 bits per heavy atom. The number of carbonyl (C=O) groups excluding carboxylic acids is 2. The number of carbonyl (C=O) groups is 2. The highest BCUT2D eigenvalue weighted by Gasteiger charge is 2.25. The third-order valence-electron chi connectivity index (χ3n) is 3.24. The zero-order valence-electron chi connectivity index (χ0n) is 11.8. The lowest BCUT2D eigenvalue weighted by Crippen LogP contribution is -2.25. The van der Waals surface area contributed by atoms with Gasteiger partial charge in [-0.25, -0.2) is 0 Å². The van der Waals surface area contributed by atoms with Crippen molar-refractivity contribution >= 4 is 12.1 Å². The zero-order chi connectivity index (χ0) is 13.9. The van der Waals surface area contributed by atoms with E-state index < -0.39 is 5.41 Å². The molecule has 0 aromatic heterocycles. The van der Waals surface area contributed by atoms with E-state index in [-0.39, 0.29) is 5.78 Å². The summed E-state index contributed by atoms with van der Waals surface area (Å²) in [6, 6.07) is 0. The minimum atomic E-state index is -0.796. The van der Waals surface area contributed by atoms with Crippen LogP contribution in [-0.4, -0.2) is 12.1 Å². The molecule has 0 heterocycles. The molecule has 0 spiro atoms. The summed E-state index contributed by atoms with van der Waals surface area (Å²) in [7, 11) is 0. The minimum Gasteiger partial charge on any atom is -0.302 e. The summed E-state index contributed by atoms with van der Waals surface area (Å²) in [4.78, 5) is 22.3. The van der Waals surface area contributed by atoms with Gasteiger partial charge in [-0.3, -0.25) is 4.79 Å². The molecule has 0 fully saturated rings. The minimum absolute atomic E-state index is 0.0616. The Morgan fingerprint density at radius 2 is 1.56 bits per heavy atom. The van der Waals surface area contributed by atoms with Gasteiger partial charge in [0.2, 0.25) is 0 Å². The van der Waals surface area contributed by atoms with Crippen LogP contribution >= 0.6 is 0 Å². The van der Waals surface area contributed by atoms with E-state index in [0.29, 0.717) is 6.42 Å². The molecular weight excluding hydrogens is 224 g/mol. The molecule has 0 atom stereocenters. The summed E-state index contributed by atoms with van der Waals surface area (Å²) in [5.41, 5.74) is -0.796. The van der Waals surface area contributed by atoms with E-state index in [1.54, 1.807) is 13.8 Å². The van der Waals surface area contributed by atoms with Gasteiger partial charge in [0.25, 0.3) is 0 Å². The standard InChI is InChI=1S/C16H26O2/c1-4-5-6-7-8-9-10-11-12-13-15(18)16(2,3)14-17/h1,14H,5-13H2,2-3H3. The number of terminal acetylenes is 1. The Kier molecular flexibility index (Phi) is 9.28. The molecule has 0 aliphatic heterocycles. The number of aldehydes is 1. The van der Waals surface area contributed by atoms with Crippen molar-refractivity contribution in [3.63, 3.8) is 0 Å². The molecule has 0 aliphatic carbocycles. The molecule has 0 unspecified atom stereocenters. The number of hydrogen-bond acceptors (Lipinski definition) is 2. The molecule has 0 bridgehead atoms. The fourth-order valence-corrected chi connectivity index (χ4v) is 1.78. The molecule has 0 aliphatic rings. The van der Waals surface area contributed by atoms with Crippen LogP contribution in [0.15, 0.2) is 0 Å². The van der Waals surface area contributed by atoms with Crippen molar-refractivity contribution in [2.24, 2.45) is 5.41 Å². The molecule has 2 heteroatoms. The van der Waals surface area contributed by atoms with E-state index in [2.05, 4.69) is 5.92 Å². The Bertz CT molecular complexity index is 284. The van der Waals surface area contributed by atoms with Crippen LogP contribution in [0.4, 0.5) is 0 Å². The second kappa shape index (κ2) is 9.88. The van der Waals surface area contributed by atoms with E-state index in [0.717, 1.165) is 32.0 Å². The third kappa shape index (κ3) is 8.06. The summed E-state index contributed by atoms with van der Waals surface area (Å²) < 4.78 is 0. The summed E-state index contributed by atoms with van der Waals surface area (Å²) in [5.74, 6) is 2.71. The first-order valence-electron chi connectivity index (χ1n) is 6.97. The smallest absolute Gasteiger partial charge is 0.145 e. The quantitative estimate of drug-likeness (QED) is 0.241. The van der Waals surface area contributed by atoms with Gasteiger partial charge in [-0.2, -0.15) is 0 Å². The normalized spacial score (nSPS) is 10.9. The molecular formula is C16H26O2. The fourth-order valence-electron chi connectivity index (χ4n) is 1.78. The molecule has 0 radical (unpaired) electrons. The van der Waals surface area contributed by atoms with Gasteiger partial charge in [-0.1, -0.05) is 32.1 Å². The van der Waals surface area contributed by atoms with Crippen LogP contribution in [0.1, 0.15) is 71.6 Å². The van der Waals surface area contributed by atoms with Crippen molar-refractivity contribution in [2.75, 3.05) is 0 Å². The summed E-state index contributed by atoms with van der Waals surface area (Å²) in [6.45, 7) is 3.38. The zero-order valence-corrected chi connectivity index (χ0v) is 11.8. The summed E-state index contributed by atoms with van der Waals surface area (Å²) >= 11 is 0. The van der Waals surface area contributed by atoms with E-state index in [1.807, 2.05) is 0 Å². The topological polar surface area (TPSA) is 34.1 Å². The van der Waals surface area contributed by atoms with Gasteiger partial charge in [0.05, 0.1) is 5.41 Å². The molecule has 0 rings (SSSR count). The van der Waals surface area contributed by atoms with Gasteiger partial charge < -0.3 is 4.79 Å². The fraction of sp³-hybridized carbons (Fsp3) is 0.750. The molecule has 102 valence electrons. The van der Waals surface area contributed by atoms with E-state index in [1.165, 1.54) is 25.7 Å². The Hall–Kier alpha value is -1.10. The maximum atomic E-state index is 11.7. The van der Waals surface area contributed by atoms with Gasteiger partial charge in [0.15, 0.2) is 0 Å². The Labute approximate surface area is 112 Å². The lowest BCUT2D eigenvalue weighted by atomic mass is 9.87. The SMILES string of the molecule is C#CCCCCCCCCCC(=O)C(C)(C)C=O. The van der Waals surface area contributed by atoms with Crippen LogP contribution in [-0.2, 0) is 9.59 Å². The number of ketones is 1. The molecule has 2 nitrogen and oxygen atoms in total. The van der Waals surface area contributed by atoms with Crippen molar-refractivity contribution in [2.45, 2.75) is 71.6 Å². The largest absolute Gasteiger partial charge is 0.302 e. The van der Waals surface area contributed by atoms with E-state index in [9.17, 15) is 9.59 Å². The molecule has 0 aromatic carbocycles. The van der Waals surface area contributed by atoms with Crippen LogP contribution in [0.3, 0.4) is 0 Å². The number of unbranched alkanes of at least 4 members (excludes halogenated alkanes) is 7. The van der Waals surface area contributed by atoms with Crippen molar-refractivity contribution in [1.29, 1.82) is 0 Å². The number of rotatable bonds is 11. The Balaban J connectivity index is 3.39. The lowest BCUT2D eigenvalue weighted by molar-refractivity contribution is -0.132. The van der Waals surface area contributed by atoms with Gasteiger partial charge >= 0.3 is 0 Å². The third-order valence-corrected chi connectivity index (χ3v) is 3.24. The summed E-state index contributed by atoms with van der Waals surface area (Å²) in [5, 5.41) is 0. The first-order chi connectivity index (χ1) is 8.54. The highest BCUT2D eigenvalue weighted by molar-refractivity contribution is 5.97. The second-order valence-electron chi connectivity index (χ2n) is 5.44. The average Bonchev–Trinajstić information content (AvgIpc) is 2.36. The predicted molar refractivity (Wildman–Crippen MR) is 75.2 cm³/mol.